The molecule has 8 heteroatoms. The van der Waals surface area contributed by atoms with E-state index in [0.717, 1.165) is 12.3 Å². The summed E-state index contributed by atoms with van der Waals surface area (Å²) >= 11 is 0. The van der Waals surface area contributed by atoms with Crippen LogP contribution in [0.1, 0.15) is 12.7 Å². The lowest BCUT2D eigenvalue weighted by Gasteiger charge is -2.21. The van der Waals surface area contributed by atoms with E-state index in [2.05, 4.69) is 20.4 Å². The molecule has 0 atom stereocenters. The Morgan fingerprint density at radius 3 is 2.55 bits per heavy atom. The number of hydrazine groups is 1. The van der Waals surface area contributed by atoms with Gasteiger partial charge in [0.2, 0.25) is 17.8 Å². The molecule has 0 radical (unpaired) electrons. The van der Waals surface area contributed by atoms with Gasteiger partial charge in [0.15, 0.2) is 0 Å². The van der Waals surface area contributed by atoms with Crippen molar-refractivity contribution >= 4 is 17.8 Å². The van der Waals surface area contributed by atoms with Crippen LogP contribution in [0.3, 0.4) is 0 Å². The molecule has 2 heterocycles. The van der Waals surface area contributed by atoms with Crippen molar-refractivity contribution in [1.82, 2.24) is 15.0 Å². The molecule has 108 valence electrons. The minimum atomic E-state index is 0.330. The van der Waals surface area contributed by atoms with Crippen LogP contribution >= 0.6 is 0 Å². The number of hydrogen-bond acceptors (Lipinski definition) is 8. The number of nitrogen functional groups attached to an aromatic ring is 1. The first-order chi connectivity index (χ1) is 9.63. The summed E-state index contributed by atoms with van der Waals surface area (Å²) in [7, 11) is 3.73. The number of nitrogens with zero attached hydrogens (tertiary/aromatic N) is 5. The second kappa shape index (κ2) is 6.20. The molecule has 0 unspecified atom stereocenters. The minimum absolute atomic E-state index is 0.330. The molecule has 20 heavy (non-hydrogen) atoms. The van der Waals surface area contributed by atoms with Crippen LogP contribution in [0.2, 0.25) is 0 Å². The van der Waals surface area contributed by atoms with Gasteiger partial charge in [0.25, 0.3) is 0 Å². The topological polar surface area (TPSA) is 96.3 Å². The summed E-state index contributed by atoms with van der Waals surface area (Å²) in [5, 5.41) is 0. The zero-order chi connectivity index (χ0) is 14.5. The maximum absolute atomic E-state index is 5.41. The van der Waals surface area contributed by atoms with Crippen LogP contribution < -0.4 is 21.1 Å². The van der Waals surface area contributed by atoms with Gasteiger partial charge in [-0.1, -0.05) is 0 Å². The normalized spacial score (nSPS) is 10.4. The molecule has 0 saturated carbocycles. The van der Waals surface area contributed by atoms with Gasteiger partial charge in [-0.3, -0.25) is 5.43 Å². The van der Waals surface area contributed by atoms with Crippen LogP contribution in [0.15, 0.2) is 22.8 Å². The summed E-state index contributed by atoms with van der Waals surface area (Å²) < 4.78 is 5.36. The number of aromatic nitrogens is 3. The molecular weight excluding hydrogens is 258 g/mol. The number of nitrogens with one attached hydrogen (secondary N) is 1. The molecule has 2 aromatic heterocycles. The second-order valence-electron chi connectivity index (χ2n) is 4.39. The summed E-state index contributed by atoms with van der Waals surface area (Å²) in [4.78, 5) is 16.7. The molecule has 0 aliphatic rings. The first-order valence-electron chi connectivity index (χ1n) is 6.31. The zero-order valence-corrected chi connectivity index (χ0v) is 11.9. The van der Waals surface area contributed by atoms with E-state index in [1.54, 1.807) is 11.2 Å². The van der Waals surface area contributed by atoms with Crippen LogP contribution in [0.25, 0.3) is 0 Å². The number of anilines is 3. The largest absolute Gasteiger partial charge is 0.467 e. The average Bonchev–Trinajstić information content (AvgIpc) is 2.97. The number of furan rings is 1. The van der Waals surface area contributed by atoms with Crippen molar-refractivity contribution in [3.05, 3.63) is 24.2 Å². The highest BCUT2D eigenvalue weighted by atomic mass is 16.3. The zero-order valence-electron chi connectivity index (χ0n) is 11.9. The molecular formula is C12H19N7O. The SMILES string of the molecule is CCN(Cc1ccco1)c1nc(NN)nc(N(C)C)n1. The summed E-state index contributed by atoms with van der Waals surface area (Å²) in [6, 6.07) is 3.77. The maximum atomic E-state index is 5.41. The van der Waals surface area contributed by atoms with Crippen molar-refractivity contribution in [3.63, 3.8) is 0 Å². The minimum Gasteiger partial charge on any atom is -0.467 e. The molecule has 0 aliphatic carbocycles. The molecule has 8 nitrogen and oxygen atoms in total. The predicted molar refractivity (Wildman–Crippen MR) is 77.4 cm³/mol. The first-order valence-corrected chi connectivity index (χ1v) is 6.31. The Kier molecular flexibility index (Phi) is 4.36. The number of nitrogens with two attached hydrogens (primary N) is 1. The highest BCUT2D eigenvalue weighted by molar-refractivity contribution is 5.44. The highest BCUT2D eigenvalue weighted by Crippen LogP contribution is 2.17. The molecule has 2 aromatic rings. The lowest BCUT2D eigenvalue weighted by atomic mass is 10.4. The van der Waals surface area contributed by atoms with Crippen LogP contribution in [0.5, 0.6) is 0 Å². The van der Waals surface area contributed by atoms with E-state index in [9.17, 15) is 0 Å². The molecule has 0 fully saturated rings. The van der Waals surface area contributed by atoms with Crippen molar-refractivity contribution in [2.45, 2.75) is 13.5 Å². The van der Waals surface area contributed by atoms with Crippen molar-refractivity contribution in [2.24, 2.45) is 5.84 Å². The second-order valence-corrected chi connectivity index (χ2v) is 4.39. The van der Waals surface area contributed by atoms with E-state index in [0.29, 0.717) is 24.4 Å². The van der Waals surface area contributed by atoms with E-state index in [1.807, 2.05) is 38.1 Å². The van der Waals surface area contributed by atoms with Crippen LogP contribution in [-0.2, 0) is 6.54 Å². The van der Waals surface area contributed by atoms with Gasteiger partial charge in [-0.2, -0.15) is 15.0 Å². The van der Waals surface area contributed by atoms with Crippen molar-refractivity contribution < 1.29 is 4.42 Å². The van der Waals surface area contributed by atoms with Gasteiger partial charge in [0, 0.05) is 20.6 Å². The van der Waals surface area contributed by atoms with Crippen molar-refractivity contribution in [2.75, 3.05) is 35.9 Å². The molecule has 3 N–H and O–H groups in total. The Morgan fingerprint density at radius 1 is 1.25 bits per heavy atom. The Labute approximate surface area is 117 Å². The molecule has 0 aliphatic heterocycles. The summed E-state index contributed by atoms with van der Waals surface area (Å²) in [6.45, 7) is 3.35. The van der Waals surface area contributed by atoms with Crippen LogP contribution in [0.4, 0.5) is 17.8 Å². The van der Waals surface area contributed by atoms with E-state index in [4.69, 9.17) is 10.3 Å². The van der Waals surface area contributed by atoms with E-state index < -0.39 is 0 Å². The molecule has 0 spiro atoms. The molecule has 0 bridgehead atoms. The van der Waals surface area contributed by atoms with Gasteiger partial charge in [-0.05, 0) is 19.1 Å². The van der Waals surface area contributed by atoms with Gasteiger partial charge in [-0.25, -0.2) is 5.84 Å². The van der Waals surface area contributed by atoms with Gasteiger partial charge >= 0.3 is 0 Å². The Bertz CT molecular complexity index is 541. The number of hydrogen-bond donors (Lipinski definition) is 2. The average molecular weight is 277 g/mol. The fourth-order valence-corrected chi connectivity index (χ4v) is 1.67. The van der Waals surface area contributed by atoms with E-state index in [1.165, 1.54) is 0 Å². The van der Waals surface area contributed by atoms with Gasteiger partial charge in [0.1, 0.15) is 5.76 Å². The van der Waals surface area contributed by atoms with E-state index >= 15 is 0 Å². The summed E-state index contributed by atoms with van der Waals surface area (Å²) in [5.41, 5.74) is 2.46. The fraction of sp³-hybridized carbons (Fsp3) is 0.417. The fourth-order valence-electron chi connectivity index (χ4n) is 1.67. The monoisotopic (exact) mass is 277 g/mol. The third kappa shape index (κ3) is 3.15. The molecule has 2 rings (SSSR count). The Balaban J connectivity index is 2.30. The van der Waals surface area contributed by atoms with Gasteiger partial charge in [-0.15, -0.1) is 0 Å². The van der Waals surface area contributed by atoms with Gasteiger partial charge < -0.3 is 14.2 Å². The van der Waals surface area contributed by atoms with Crippen LogP contribution in [0, 0.1) is 0 Å². The quantitative estimate of drug-likeness (QED) is 0.592. The Morgan fingerprint density at radius 2 is 2.00 bits per heavy atom. The number of rotatable bonds is 6. The smallest absolute Gasteiger partial charge is 0.243 e. The van der Waals surface area contributed by atoms with E-state index in [-0.39, 0.29) is 0 Å². The van der Waals surface area contributed by atoms with Crippen molar-refractivity contribution in [1.29, 1.82) is 0 Å². The summed E-state index contributed by atoms with van der Waals surface area (Å²) in [6.07, 6.45) is 1.65. The lowest BCUT2D eigenvalue weighted by molar-refractivity contribution is 0.501. The van der Waals surface area contributed by atoms with Crippen molar-refractivity contribution in [3.8, 4) is 0 Å². The maximum Gasteiger partial charge on any atom is 0.243 e. The van der Waals surface area contributed by atoms with Crippen LogP contribution in [-0.4, -0.2) is 35.6 Å². The third-order valence-electron chi connectivity index (χ3n) is 2.73. The standard InChI is InChI=1S/C12H19N7O/c1-4-19(8-9-6-5-7-20-9)12-15-10(17-13)14-11(16-12)18(2)3/h5-7H,4,8,13H2,1-3H3,(H,14,15,16,17). The first kappa shape index (κ1) is 14.1. The molecule has 0 saturated heterocycles. The summed E-state index contributed by atoms with van der Waals surface area (Å²) in [5.74, 6) is 7.68. The molecule has 0 aromatic carbocycles. The molecule has 0 amide bonds. The van der Waals surface area contributed by atoms with Gasteiger partial charge in [0.05, 0.1) is 12.8 Å². The Hall–Kier alpha value is -2.35. The highest BCUT2D eigenvalue weighted by Gasteiger charge is 2.14. The predicted octanol–water partition coefficient (Wildman–Crippen LogP) is 0.843. The lowest BCUT2D eigenvalue weighted by Crippen LogP contribution is -2.27. The third-order valence-corrected chi connectivity index (χ3v) is 2.73.